The lowest BCUT2D eigenvalue weighted by molar-refractivity contribution is -0.127. The topological polar surface area (TPSA) is 32.3 Å². The zero-order valence-corrected chi connectivity index (χ0v) is 14.1. The van der Waals surface area contributed by atoms with Crippen molar-refractivity contribution in [1.82, 2.24) is 10.2 Å². The molecular weight excluding hydrogens is 272 g/mol. The van der Waals surface area contributed by atoms with E-state index in [1.165, 1.54) is 11.1 Å². The van der Waals surface area contributed by atoms with E-state index in [9.17, 15) is 4.79 Å². The third-order valence-corrected chi connectivity index (χ3v) is 5.42. The predicted molar refractivity (Wildman–Crippen MR) is 89.8 cm³/mol. The molecule has 1 aromatic rings. The fourth-order valence-electron chi connectivity index (χ4n) is 3.62. The van der Waals surface area contributed by atoms with Crippen molar-refractivity contribution in [2.75, 3.05) is 20.1 Å². The Kier molecular flexibility index (Phi) is 4.26. The highest BCUT2D eigenvalue weighted by Crippen LogP contribution is 2.48. The van der Waals surface area contributed by atoms with Crippen LogP contribution in [0, 0.1) is 18.3 Å². The molecule has 0 spiro atoms. The first kappa shape index (κ1) is 15.5. The number of carbonyl (C=O) groups is 1. The maximum atomic E-state index is 12.8. The Morgan fingerprint density at radius 2 is 2.00 bits per heavy atom. The summed E-state index contributed by atoms with van der Waals surface area (Å²) >= 11 is 0. The minimum Gasteiger partial charge on any atom is -0.353 e. The minimum atomic E-state index is -0.127. The monoisotopic (exact) mass is 300 g/mol. The molecule has 120 valence electrons. The van der Waals surface area contributed by atoms with E-state index < -0.39 is 0 Å². The molecule has 0 aromatic heterocycles. The van der Waals surface area contributed by atoms with Gasteiger partial charge in [0.25, 0.3) is 0 Å². The molecule has 2 fully saturated rings. The van der Waals surface area contributed by atoms with Crippen LogP contribution >= 0.6 is 0 Å². The van der Waals surface area contributed by atoms with Gasteiger partial charge in [0.05, 0.1) is 5.41 Å². The molecule has 1 N–H and O–H groups in total. The van der Waals surface area contributed by atoms with E-state index in [2.05, 4.69) is 55.4 Å². The average molecular weight is 300 g/mol. The Hall–Kier alpha value is -1.35. The van der Waals surface area contributed by atoms with Crippen molar-refractivity contribution in [1.29, 1.82) is 0 Å². The van der Waals surface area contributed by atoms with E-state index >= 15 is 0 Å². The first-order valence-electron chi connectivity index (χ1n) is 8.54. The summed E-state index contributed by atoms with van der Waals surface area (Å²) < 4.78 is 0. The van der Waals surface area contributed by atoms with Gasteiger partial charge in [-0.25, -0.2) is 0 Å². The van der Waals surface area contributed by atoms with Crippen molar-refractivity contribution in [2.24, 2.45) is 11.3 Å². The highest BCUT2D eigenvalue weighted by atomic mass is 16.2. The summed E-state index contributed by atoms with van der Waals surface area (Å²) in [5.74, 6) is 0.826. The summed E-state index contributed by atoms with van der Waals surface area (Å²) in [4.78, 5) is 15.1. The van der Waals surface area contributed by atoms with Gasteiger partial charge in [0, 0.05) is 12.6 Å². The van der Waals surface area contributed by atoms with E-state index in [1.54, 1.807) is 0 Å². The van der Waals surface area contributed by atoms with Gasteiger partial charge in [0.1, 0.15) is 0 Å². The highest BCUT2D eigenvalue weighted by molar-refractivity contribution is 5.85. The maximum Gasteiger partial charge on any atom is 0.226 e. The van der Waals surface area contributed by atoms with Crippen LogP contribution in [0.3, 0.4) is 0 Å². The third kappa shape index (κ3) is 3.35. The van der Waals surface area contributed by atoms with Gasteiger partial charge in [-0.3, -0.25) is 4.79 Å². The van der Waals surface area contributed by atoms with E-state index in [0.29, 0.717) is 12.0 Å². The van der Waals surface area contributed by atoms with Crippen LogP contribution in [-0.2, 0) is 11.2 Å². The number of nitrogens with one attached hydrogen (secondary N) is 1. The molecule has 2 atom stereocenters. The molecule has 2 aliphatic rings. The molecule has 1 aromatic carbocycles. The highest BCUT2D eigenvalue weighted by Gasteiger charge is 2.50. The maximum absolute atomic E-state index is 12.8. The van der Waals surface area contributed by atoms with Gasteiger partial charge >= 0.3 is 0 Å². The molecule has 3 nitrogen and oxygen atoms in total. The number of benzene rings is 1. The van der Waals surface area contributed by atoms with Crippen LogP contribution in [0.5, 0.6) is 0 Å². The lowest BCUT2D eigenvalue weighted by Gasteiger charge is -2.36. The summed E-state index contributed by atoms with van der Waals surface area (Å²) in [6.45, 7) is 6.52. The second-order valence-electron chi connectivity index (χ2n) is 7.55. The van der Waals surface area contributed by atoms with E-state index in [0.717, 1.165) is 38.8 Å². The normalized spacial score (nSPS) is 27.4. The van der Waals surface area contributed by atoms with Crippen LogP contribution < -0.4 is 5.32 Å². The van der Waals surface area contributed by atoms with Crippen molar-refractivity contribution < 1.29 is 4.79 Å². The Morgan fingerprint density at radius 1 is 1.32 bits per heavy atom. The van der Waals surface area contributed by atoms with Crippen LogP contribution in [-0.4, -0.2) is 37.0 Å². The van der Waals surface area contributed by atoms with Crippen molar-refractivity contribution >= 4 is 5.91 Å². The van der Waals surface area contributed by atoms with Crippen molar-refractivity contribution in [3.8, 4) is 0 Å². The molecule has 0 bridgehead atoms. The van der Waals surface area contributed by atoms with Crippen molar-refractivity contribution in [3.63, 3.8) is 0 Å². The molecule has 22 heavy (non-hydrogen) atoms. The lowest BCUT2D eigenvalue weighted by atomic mass is 9.91. The van der Waals surface area contributed by atoms with Gasteiger partial charge in [-0.2, -0.15) is 0 Å². The molecule has 1 aliphatic heterocycles. The number of aryl methyl sites for hydroxylation is 1. The quantitative estimate of drug-likeness (QED) is 0.927. The minimum absolute atomic E-state index is 0.127. The second-order valence-corrected chi connectivity index (χ2v) is 7.55. The Labute approximate surface area is 134 Å². The third-order valence-electron chi connectivity index (χ3n) is 5.42. The number of piperidine rings is 1. The fraction of sp³-hybridized carbons (Fsp3) is 0.632. The number of hydrogen-bond acceptors (Lipinski definition) is 2. The second kappa shape index (κ2) is 6.04. The summed E-state index contributed by atoms with van der Waals surface area (Å²) in [7, 11) is 2.16. The molecule has 1 aliphatic carbocycles. The lowest BCUT2D eigenvalue weighted by Crippen LogP contribution is -2.50. The van der Waals surface area contributed by atoms with Gasteiger partial charge in [-0.05, 0) is 57.7 Å². The first-order chi connectivity index (χ1) is 10.5. The summed E-state index contributed by atoms with van der Waals surface area (Å²) in [6.07, 6.45) is 4.03. The van der Waals surface area contributed by atoms with Gasteiger partial charge in [0.15, 0.2) is 0 Å². The van der Waals surface area contributed by atoms with Gasteiger partial charge in [0.2, 0.25) is 5.91 Å². The molecule has 1 saturated carbocycles. The van der Waals surface area contributed by atoms with Crippen molar-refractivity contribution in [2.45, 2.75) is 45.6 Å². The first-order valence-corrected chi connectivity index (χ1v) is 8.54. The zero-order chi connectivity index (χ0) is 15.7. The number of rotatable bonds is 4. The molecule has 0 radical (unpaired) electrons. The number of hydrogen-bond donors (Lipinski definition) is 1. The van der Waals surface area contributed by atoms with Crippen LogP contribution in [0.4, 0.5) is 0 Å². The van der Waals surface area contributed by atoms with Crippen LogP contribution in [0.2, 0.25) is 0 Å². The largest absolute Gasteiger partial charge is 0.353 e. The summed E-state index contributed by atoms with van der Waals surface area (Å²) in [5, 5.41) is 3.36. The fourth-order valence-corrected chi connectivity index (χ4v) is 3.62. The van der Waals surface area contributed by atoms with Crippen LogP contribution in [0.15, 0.2) is 24.3 Å². The number of nitrogens with zero attached hydrogens (tertiary/aromatic N) is 1. The predicted octanol–water partition coefficient (Wildman–Crippen LogP) is 2.77. The van der Waals surface area contributed by atoms with Crippen molar-refractivity contribution in [3.05, 3.63) is 35.4 Å². The molecule has 3 heteroatoms. The number of carbonyl (C=O) groups excluding carboxylic acids is 1. The van der Waals surface area contributed by atoms with E-state index in [1.807, 2.05) is 0 Å². The smallest absolute Gasteiger partial charge is 0.226 e. The molecular formula is C19H28N2O. The summed E-state index contributed by atoms with van der Waals surface area (Å²) in [5.41, 5.74) is 2.44. The Bertz CT molecular complexity index is 533. The molecule has 0 unspecified atom stereocenters. The van der Waals surface area contributed by atoms with Crippen LogP contribution in [0.1, 0.15) is 37.3 Å². The Morgan fingerprint density at radius 3 is 2.59 bits per heavy atom. The zero-order valence-electron chi connectivity index (χ0n) is 14.1. The molecule has 1 saturated heterocycles. The van der Waals surface area contributed by atoms with Gasteiger partial charge < -0.3 is 10.2 Å². The molecule has 1 amide bonds. The van der Waals surface area contributed by atoms with Gasteiger partial charge in [-0.1, -0.05) is 36.8 Å². The van der Waals surface area contributed by atoms with E-state index in [4.69, 9.17) is 0 Å². The molecule has 3 rings (SSSR count). The summed E-state index contributed by atoms with van der Waals surface area (Å²) in [6, 6.07) is 8.96. The van der Waals surface area contributed by atoms with Gasteiger partial charge in [-0.15, -0.1) is 0 Å². The Balaban J connectivity index is 1.60. The SMILES string of the molecule is Cc1ccc(CC2(C(=O)N[C@H]3CCN(C)C[C@@H]3C)CC2)cc1. The standard InChI is InChI=1S/C19H28N2O/c1-14-4-6-16(7-5-14)12-19(9-10-19)18(22)20-17-8-11-21(3)13-15(17)2/h4-7,15,17H,8-13H2,1-3H3,(H,20,22)/t15-,17-/m0/s1. The average Bonchev–Trinajstić information content (AvgIpc) is 3.25. The number of likely N-dealkylation sites (tertiary alicyclic amines) is 1. The molecule has 1 heterocycles. The van der Waals surface area contributed by atoms with E-state index in [-0.39, 0.29) is 11.3 Å². The number of amides is 1. The van der Waals surface area contributed by atoms with Crippen LogP contribution in [0.25, 0.3) is 0 Å².